The number of ether oxygens (including phenoxy) is 2. The van der Waals surface area contributed by atoms with Crippen LogP contribution in [0.4, 0.5) is 0 Å². The molecule has 2 fully saturated rings. The molecule has 2 aromatic carbocycles. The van der Waals surface area contributed by atoms with Crippen LogP contribution in [-0.2, 0) is 20.0 Å². The van der Waals surface area contributed by atoms with Gasteiger partial charge in [0.05, 0.1) is 34.1 Å². The molecule has 0 saturated heterocycles. The van der Waals surface area contributed by atoms with Crippen LogP contribution in [0.1, 0.15) is 72.7 Å². The number of carbonyl (C=O) groups is 2. The first-order valence-corrected chi connectivity index (χ1v) is 24.9. The van der Waals surface area contributed by atoms with E-state index in [-0.39, 0.29) is 73.2 Å². The molecular formula is C43H48BCl2IN8O9S2U. The van der Waals surface area contributed by atoms with E-state index in [1.54, 1.807) is 55.7 Å². The average molecular weight is 1330 g/mol. The Hall–Kier alpha value is -4.01. The van der Waals surface area contributed by atoms with Gasteiger partial charge in [0.2, 0.25) is 21.8 Å². The number of benzene rings is 2. The normalized spacial score (nSPS) is 14.0. The molecule has 0 spiro atoms. The summed E-state index contributed by atoms with van der Waals surface area (Å²) in [5, 5.41) is 22.2. The molecule has 17 nitrogen and oxygen atoms in total. The van der Waals surface area contributed by atoms with Crippen molar-refractivity contribution in [2.24, 2.45) is 16.0 Å². The minimum Gasteiger partial charge on any atom is -0.478 e. The molecule has 4 N–H and O–H groups in total. The molecule has 1 amide bonds. The summed E-state index contributed by atoms with van der Waals surface area (Å²) in [6.45, 7) is 9.17. The number of hydrogen-bond donors (Lipinski definition) is 3. The average Bonchev–Trinajstić information content (AvgIpc) is 4.05. The van der Waals surface area contributed by atoms with E-state index < -0.39 is 31.9 Å². The maximum atomic E-state index is 12.5. The number of nitrogens with one attached hydrogen (secondary N) is 1. The topological polar surface area (TPSA) is 241 Å². The van der Waals surface area contributed by atoms with E-state index in [0.29, 0.717) is 41.5 Å². The van der Waals surface area contributed by atoms with Gasteiger partial charge in [-0.1, -0.05) is 83.9 Å². The molecule has 2 saturated carbocycles. The van der Waals surface area contributed by atoms with Crippen LogP contribution < -0.4 is 19.3 Å². The number of carboxylic acids is 1. The summed E-state index contributed by atoms with van der Waals surface area (Å²) in [6, 6.07) is 22.1. The third kappa shape index (κ3) is 16.9. The van der Waals surface area contributed by atoms with Crippen molar-refractivity contribution >= 4 is 86.1 Å². The molecule has 0 unspecified atom stereocenters. The SMILES string of the molecule is CC1(COc2ccn(-c3ccc(C(=O)O)c(Cl)n3)n2)CC1.Cc1cccc(S(=O)(=O)NC(=O)c2ccc(-n3ccc(OCC4(C)CC4)n3)nc2Cl)c1.Cc1cccc(S(N)(=O)=O)c1.[2H]CI.[2H][B].[U]. The van der Waals surface area contributed by atoms with Gasteiger partial charge in [0.15, 0.2) is 11.6 Å². The number of carbonyl (C=O) groups excluding carboxylic acids is 1. The number of amides is 1. The maximum Gasteiger partial charge on any atom is 0.338 e. The number of nitrogens with zero attached hydrogens (tertiary/aromatic N) is 6. The number of halogens is 3. The van der Waals surface area contributed by atoms with Crippen LogP contribution in [0, 0.1) is 55.8 Å². The molecule has 0 atom stereocenters. The van der Waals surface area contributed by atoms with Gasteiger partial charge >= 0.3 is 5.97 Å². The predicted molar refractivity (Wildman–Crippen MR) is 261 cm³/mol. The zero-order valence-electron chi connectivity index (χ0n) is 38.7. The molecule has 67 heavy (non-hydrogen) atoms. The molecule has 0 bridgehead atoms. The van der Waals surface area contributed by atoms with Crippen LogP contribution in [0.25, 0.3) is 11.6 Å². The van der Waals surface area contributed by atoms with E-state index >= 15 is 0 Å². The molecule has 4 aromatic heterocycles. The number of rotatable bonds is 13. The smallest absolute Gasteiger partial charge is 0.338 e. The van der Waals surface area contributed by atoms with Crippen molar-refractivity contribution in [2.45, 2.75) is 63.2 Å². The summed E-state index contributed by atoms with van der Waals surface area (Å²) in [4.78, 5) is 32.2. The third-order valence-corrected chi connectivity index (χ3v) is 12.7. The van der Waals surface area contributed by atoms with E-state index in [9.17, 15) is 26.4 Å². The molecule has 2 radical (unpaired) electrons. The Morgan fingerprint density at radius 3 is 1.58 bits per heavy atom. The Morgan fingerprint density at radius 1 is 0.791 bits per heavy atom. The fourth-order valence-corrected chi connectivity index (χ4v) is 7.63. The van der Waals surface area contributed by atoms with Crippen LogP contribution in [-0.4, -0.2) is 91.2 Å². The number of sulfonamides is 2. The number of aryl methyl sites for hydroxylation is 2. The van der Waals surface area contributed by atoms with E-state index in [4.69, 9.17) is 45.6 Å². The Bertz CT molecular complexity index is 2930. The first-order valence-electron chi connectivity index (χ1n) is 20.8. The molecule has 2 aliphatic carbocycles. The molecule has 8 rings (SSSR count). The van der Waals surface area contributed by atoms with Crippen molar-refractivity contribution in [3.05, 3.63) is 130 Å². The summed E-state index contributed by atoms with van der Waals surface area (Å²) in [7, 11) is -3.81. The summed E-state index contributed by atoms with van der Waals surface area (Å²) in [6.07, 6.45) is 8.03. The second-order valence-corrected chi connectivity index (χ2v) is 19.8. The largest absolute Gasteiger partial charge is 0.478 e. The number of aromatic nitrogens is 6. The van der Waals surface area contributed by atoms with Crippen LogP contribution >= 0.6 is 45.8 Å². The van der Waals surface area contributed by atoms with E-state index in [1.165, 1.54) is 64.7 Å². The monoisotopic (exact) mass is 1330 g/mol. The van der Waals surface area contributed by atoms with Crippen molar-refractivity contribution in [2.75, 3.05) is 18.1 Å². The van der Waals surface area contributed by atoms with Gasteiger partial charge in [0.25, 0.3) is 15.9 Å². The van der Waals surface area contributed by atoms with Crippen LogP contribution in [0.5, 0.6) is 11.8 Å². The van der Waals surface area contributed by atoms with Gasteiger partial charge in [-0.25, -0.2) is 50.8 Å². The number of aromatic carboxylic acids is 1. The second kappa shape index (κ2) is 24.5. The quantitative estimate of drug-likeness (QED) is 0.0444. The van der Waals surface area contributed by atoms with Crippen molar-refractivity contribution < 1.29 is 73.5 Å². The second-order valence-electron chi connectivity index (χ2n) is 15.8. The van der Waals surface area contributed by atoms with Crippen molar-refractivity contribution in [1.82, 2.24) is 34.3 Å². The summed E-state index contributed by atoms with van der Waals surface area (Å²) < 4.78 is 74.3. The van der Waals surface area contributed by atoms with Crippen molar-refractivity contribution in [3.63, 3.8) is 0 Å². The summed E-state index contributed by atoms with van der Waals surface area (Å²) >= 11 is 14.0. The van der Waals surface area contributed by atoms with Gasteiger partial charge in [0, 0.05) is 76.2 Å². The number of hydrogen-bond acceptors (Lipinski definition) is 12. The zero-order chi connectivity index (χ0) is 50.5. The minimum atomic E-state index is -4.04. The Balaban J connectivity index is 0.000000286. The van der Waals surface area contributed by atoms with Crippen molar-refractivity contribution in [1.29, 1.82) is 1.34 Å². The Morgan fingerprint density at radius 2 is 1.21 bits per heavy atom. The number of carboxylic acid groups (broad SMARTS) is 1. The van der Waals surface area contributed by atoms with Crippen molar-refractivity contribution in [3.8, 4) is 23.4 Å². The number of nitrogens with two attached hydrogens (primary N) is 1. The first-order chi connectivity index (χ1) is 32.0. The fourth-order valence-electron chi connectivity index (χ4n) is 5.48. The van der Waals surface area contributed by atoms with Crippen LogP contribution in [0.2, 0.25) is 10.3 Å². The summed E-state index contributed by atoms with van der Waals surface area (Å²) in [5.41, 5.74) is 2.07. The molecule has 354 valence electrons. The molecule has 0 aliphatic heterocycles. The first kappa shape index (κ1) is 53.9. The number of alkyl halides is 1. The zero-order valence-corrected chi connectivity index (χ0v) is 46.2. The third-order valence-electron chi connectivity index (χ3n) is 9.93. The maximum absolute atomic E-state index is 12.5. The number of pyridine rings is 2. The summed E-state index contributed by atoms with van der Waals surface area (Å²) in [5.74, 6) is -0.178. The minimum absolute atomic E-state index is 0. The van der Waals surface area contributed by atoms with Gasteiger partial charge in [-0.15, -0.1) is 10.2 Å². The van der Waals surface area contributed by atoms with Gasteiger partial charge in [-0.05, 0) is 105 Å². The number of primary sulfonamides is 1. The van der Waals surface area contributed by atoms with Gasteiger partial charge in [-0.3, -0.25) is 4.79 Å². The van der Waals surface area contributed by atoms with Crippen LogP contribution in [0.3, 0.4) is 0 Å². The fraction of sp³-hybridized carbons (Fsp3) is 0.302. The molecule has 24 heteroatoms. The standard InChI is InChI=1S/C21H21ClN4O4S.C14H14ClN3O3.C7H9NO2S.CH3I.BH.U/c1-14-4-3-5-15(12-14)31(28,29)25-20(27)16-6-7-17(23-19(16)22)26-11-8-18(24-26)30-13-21(2)9-10-21;1-14(5-6-14)8-21-11-4-7-18(17-11)10-3-2-9(13(19)20)12(15)16-10;1-6-3-2-4-7(5-6)11(8,9)10;1-2;;/h3-8,11-12H,9-10,13H2,1-2H3,(H,25,27);2-4,7H,5-6,8H2,1H3,(H,19,20);2-5H,1H3,(H2,8,9,10);1H3;1H;/i;;;2*1D;. The van der Waals surface area contributed by atoms with Gasteiger partial charge < -0.3 is 14.6 Å². The van der Waals surface area contributed by atoms with Crippen LogP contribution in [0.15, 0.2) is 107 Å². The Labute approximate surface area is 441 Å². The van der Waals surface area contributed by atoms with E-state index in [2.05, 4.69) is 42.4 Å². The Kier molecular flexibility index (Phi) is 19.7. The molecular weight excluding hydrogens is 1280 g/mol. The molecule has 2 aliphatic rings. The van der Waals surface area contributed by atoms with E-state index in [1.807, 2.05) is 40.3 Å². The van der Waals surface area contributed by atoms with Gasteiger partial charge in [-0.2, -0.15) is 0 Å². The molecule has 6 aromatic rings. The predicted octanol–water partition coefficient (Wildman–Crippen LogP) is 7.37. The van der Waals surface area contributed by atoms with Gasteiger partial charge in [0.1, 0.15) is 10.3 Å². The van der Waals surface area contributed by atoms with E-state index in [0.717, 1.165) is 24.0 Å². The molecule has 4 heterocycles.